The molecule has 4 N–H and O–H groups in total. The van der Waals surface area contributed by atoms with Gasteiger partial charge in [0, 0.05) is 28.5 Å². The highest BCUT2D eigenvalue weighted by molar-refractivity contribution is 6.00. The molecule has 5 heteroatoms. The number of hydrogen-bond acceptors (Lipinski definition) is 2. The topological polar surface area (TPSA) is 87.6 Å². The van der Waals surface area contributed by atoms with Gasteiger partial charge in [0.2, 0.25) is 5.91 Å². The number of nitrogens with one attached hydrogen (secondary N) is 2. The van der Waals surface area contributed by atoms with Crippen molar-refractivity contribution in [1.82, 2.24) is 15.2 Å². The Morgan fingerprint density at radius 1 is 1.33 bits per heavy atom. The van der Waals surface area contributed by atoms with E-state index in [9.17, 15) is 4.79 Å². The first-order chi connectivity index (χ1) is 8.74. The van der Waals surface area contributed by atoms with E-state index >= 15 is 0 Å². The van der Waals surface area contributed by atoms with Crippen molar-refractivity contribution in [2.45, 2.75) is 6.42 Å². The number of hydrogen-bond donors (Lipinski definition) is 3. The van der Waals surface area contributed by atoms with Gasteiger partial charge in [-0.3, -0.25) is 9.89 Å². The third-order valence-electron chi connectivity index (χ3n) is 3.53. The lowest BCUT2D eigenvalue weighted by Crippen LogP contribution is -2.10. The molecule has 0 aliphatic heterocycles. The van der Waals surface area contributed by atoms with Crippen LogP contribution in [0.3, 0.4) is 0 Å². The highest BCUT2D eigenvalue weighted by Crippen LogP contribution is 2.39. The maximum atomic E-state index is 11.2. The average Bonchev–Trinajstić information content (AvgIpc) is 2.98. The molecule has 1 aliphatic carbocycles. The number of nitrogens with two attached hydrogens (primary N) is 1. The standard InChI is InChI=1S/C13H10N4O/c14-13(18)6-1-2-10-8(3-6)9-4-7-5-15-17-11(7)12(9)16-10/h1-3,5,16H,4H2,(H2,14,18)(H,15,17). The van der Waals surface area contributed by atoms with Gasteiger partial charge in [0.15, 0.2) is 0 Å². The van der Waals surface area contributed by atoms with E-state index in [1.165, 1.54) is 11.1 Å². The third-order valence-corrected chi connectivity index (χ3v) is 3.53. The lowest BCUT2D eigenvalue weighted by molar-refractivity contribution is 0.100. The first-order valence-electron chi connectivity index (χ1n) is 5.71. The number of aromatic amines is 2. The SMILES string of the molecule is NC(=O)c1ccc2[nH]c3c(c2c1)Cc1cn[nH]c1-3. The Labute approximate surface area is 102 Å². The van der Waals surface area contributed by atoms with Crippen LogP contribution in [-0.2, 0) is 6.42 Å². The number of nitrogens with zero attached hydrogens (tertiary/aromatic N) is 1. The van der Waals surface area contributed by atoms with E-state index < -0.39 is 5.91 Å². The second-order valence-electron chi connectivity index (χ2n) is 4.55. The number of benzene rings is 1. The molecule has 0 unspecified atom stereocenters. The normalized spacial score (nSPS) is 12.7. The van der Waals surface area contributed by atoms with Gasteiger partial charge in [-0.25, -0.2) is 0 Å². The molecule has 0 bridgehead atoms. The van der Waals surface area contributed by atoms with Gasteiger partial charge in [0.25, 0.3) is 0 Å². The Morgan fingerprint density at radius 2 is 2.22 bits per heavy atom. The fraction of sp³-hybridized carbons (Fsp3) is 0.0769. The summed E-state index contributed by atoms with van der Waals surface area (Å²) in [5.41, 5.74) is 11.4. The number of amides is 1. The molecule has 3 aromatic rings. The van der Waals surface area contributed by atoms with Crippen molar-refractivity contribution in [3.05, 3.63) is 41.1 Å². The van der Waals surface area contributed by atoms with E-state index in [0.717, 1.165) is 28.7 Å². The van der Waals surface area contributed by atoms with Gasteiger partial charge in [-0.15, -0.1) is 0 Å². The van der Waals surface area contributed by atoms with Crippen LogP contribution in [0.2, 0.25) is 0 Å². The molecule has 1 amide bonds. The molecule has 0 fully saturated rings. The molecular weight excluding hydrogens is 228 g/mol. The highest BCUT2D eigenvalue weighted by atomic mass is 16.1. The van der Waals surface area contributed by atoms with Crippen molar-refractivity contribution >= 4 is 16.8 Å². The summed E-state index contributed by atoms with van der Waals surface area (Å²) >= 11 is 0. The monoisotopic (exact) mass is 238 g/mol. The van der Waals surface area contributed by atoms with Crippen molar-refractivity contribution in [3.8, 4) is 11.4 Å². The third kappa shape index (κ3) is 1.05. The summed E-state index contributed by atoms with van der Waals surface area (Å²) in [6.07, 6.45) is 2.68. The van der Waals surface area contributed by atoms with Crippen LogP contribution >= 0.6 is 0 Å². The summed E-state index contributed by atoms with van der Waals surface area (Å²) in [4.78, 5) is 14.6. The molecule has 2 aromatic heterocycles. The van der Waals surface area contributed by atoms with Gasteiger partial charge in [-0.2, -0.15) is 5.10 Å². The summed E-state index contributed by atoms with van der Waals surface area (Å²) in [7, 11) is 0. The van der Waals surface area contributed by atoms with Crippen molar-refractivity contribution in [3.63, 3.8) is 0 Å². The first-order valence-corrected chi connectivity index (χ1v) is 5.71. The fourth-order valence-electron chi connectivity index (χ4n) is 2.65. The summed E-state index contributed by atoms with van der Waals surface area (Å²) in [5, 5.41) is 8.10. The first kappa shape index (κ1) is 9.47. The number of aromatic nitrogens is 3. The zero-order chi connectivity index (χ0) is 12.3. The number of fused-ring (bicyclic) bond motifs is 5. The molecule has 0 spiro atoms. The Bertz CT molecular complexity index is 797. The van der Waals surface area contributed by atoms with Gasteiger partial charge >= 0.3 is 0 Å². The summed E-state index contributed by atoms with van der Waals surface area (Å²) in [6.45, 7) is 0. The van der Waals surface area contributed by atoms with Gasteiger partial charge in [-0.05, 0) is 23.8 Å². The van der Waals surface area contributed by atoms with Crippen LogP contribution in [0.25, 0.3) is 22.3 Å². The second kappa shape index (κ2) is 3.01. The number of primary amides is 1. The second-order valence-corrected chi connectivity index (χ2v) is 4.55. The molecular formula is C13H10N4O. The molecule has 18 heavy (non-hydrogen) atoms. The van der Waals surface area contributed by atoms with Crippen LogP contribution in [0, 0.1) is 0 Å². The minimum atomic E-state index is -0.398. The summed E-state index contributed by atoms with van der Waals surface area (Å²) < 4.78 is 0. The molecule has 88 valence electrons. The number of carbonyl (C=O) groups is 1. The van der Waals surface area contributed by atoms with Gasteiger partial charge in [0.1, 0.15) is 0 Å². The van der Waals surface area contributed by atoms with E-state index in [4.69, 9.17) is 5.73 Å². The minimum Gasteiger partial charge on any atom is -0.366 e. The number of carbonyl (C=O) groups excluding carboxylic acids is 1. The number of rotatable bonds is 1. The van der Waals surface area contributed by atoms with Crippen LogP contribution in [0.5, 0.6) is 0 Å². The van der Waals surface area contributed by atoms with E-state index in [1.807, 2.05) is 18.3 Å². The molecule has 5 nitrogen and oxygen atoms in total. The Balaban J connectivity index is 2.03. The van der Waals surface area contributed by atoms with Gasteiger partial charge in [-0.1, -0.05) is 0 Å². The van der Waals surface area contributed by atoms with Crippen LogP contribution in [-0.4, -0.2) is 21.1 Å². The lowest BCUT2D eigenvalue weighted by atomic mass is 10.1. The molecule has 1 aliphatic rings. The zero-order valence-electron chi connectivity index (χ0n) is 9.45. The molecule has 2 heterocycles. The molecule has 0 atom stereocenters. The van der Waals surface area contributed by atoms with Gasteiger partial charge in [0.05, 0.1) is 17.6 Å². The molecule has 4 rings (SSSR count). The van der Waals surface area contributed by atoms with Crippen LogP contribution in [0.15, 0.2) is 24.4 Å². The van der Waals surface area contributed by atoms with Crippen LogP contribution in [0.4, 0.5) is 0 Å². The van der Waals surface area contributed by atoms with Crippen molar-refractivity contribution in [1.29, 1.82) is 0 Å². The van der Waals surface area contributed by atoms with Crippen LogP contribution in [0.1, 0.15) is 21.5 Å². The predicted octanol–water partition coefficient (Wildman–Crippen LogP) is 1.56. The van der Waals surface area contributed by atoms with Crippen LogP contribution < -0.4 is 5.73 Å². The van der Waals surface area contributed by atoms with E-state index in [0.29, 0.717) is 5.56 Å². The van der Waals surface area contributed by atoms with E-state index in [2.05, 4.69) is 15.2 Å². The largest absolute Gasteiger partial charge is 0.366 e. The molecule has 1 aromatic carbocycles. The fourth-order valence-corrected chi connectivity index (χ4v) is 2.65. The maximum Gasteiger partial charge on any atom is 0.248 e. The summed E-state index contributed by atoms with van der Waals surface area (Å²) in [5.74, 6) is -0.398. The van der Waals surface area contributed by atoms with Crippen molar-refractivity contribution < 1.29 is 4.79 Å². The molecule has 0 saturated carbocycles. The van der Waals surface area contributed by atoms with E-state index in [-0.39, 0.29) is 0 Å². The minimum absolute atomic E-state index is 0.398. The van der Waals surface area contributed by atoms with Gasteiger partial charge < -0.3 is 10.7 Å². The summed E-state index contributed by atoms with van der Waals surface area (Å²) in [6, 6.07) is 5.49. The zero-order valence-corrected chi connectivity index (χ0v) is 9.45. The Hall–Kier alpha value is -2.56. The Morgan fingerprint density at radius 3 is 3.06 bits per heavy atom. The molecule has 0 saturated heterocycles. The molecule has 0 radical (unpaired) electrons. The van der Waals surface area contributed by atoms with Crippen molar-refractivity contribution in [2.75, 3.05) is 0 Å². The quantitative estimate of drug-likeness (QED) is 0.470. The average molecular weight is 238 g/mol. The van der Waals surface area contributed by atoms with E-state index in [1.54, 1.807) is 6.07 Å². The number of H-pyrrole nitrogens is 2. The lowest BCUT2D eigenvalue weighted by Gasteiger charge is -1.97. The predicted molar refractivity (Wildman–Crippen MR) is 67.2 cm³/mol. The highest BCUT2D eigenvalue weighted by Gasteiger charge is 2.24. The maximum absolute atomic E-state index is 11.2. The smallest absolute Gasteiger partial charge is 0.248 e. The van der Waals surface area contributed by atoms with Crippen molar-refractivity contribution in [2.24, 2.45) is 5.73 Å². The Kier molecular flexibility index (Phi) is 1.58.